The van der Waals surface area contributed by atoms with Crippen LogP contribution in [0.4, 0.5) is 4.79 Å². The maximum Gasteiger partial charge on any atom is 0.410 e. The lowest BCUT2D eigenvalue weighted by atomic mass is 10.3. The summed E-state index contributed by atoms with van der Waals surface area (Å²) in [5, 5.41) is 0. The topological polar surface area (TPSA) is 29.5 Å². The Morgan fingerprint density at radius 3 is 2.82 bits per heavy atom. The van der Waals surface area contributed by atoms with Crippen molar-refractivity contribution in [1.29, 1.82) is 0 Å². The maximum atomic E-state index is 11.1. The van der Waals surface area contributed by atoms with Gasteiger partial charge in [-0.05, 0) is 19.3 Å². The largest absolute Gasteiger partial charge is 0.441 e. The standard InChI is InChI=1S/C8H13NO2/c1-2-5-9-6-8(3-4-8)11-7(9)10/h2-6H2,1H3. The van der Waals surface area contributed by atoms with E-state index in [1.165, 1.54) is 0 Å². The van der Waals surface area contributed by atoms with Crippen molar-refractivity contribution in [2.45, 2.75) is 31.8 Å². The van der Waals surface area contributed by atoms with Gasteiger partial charge in [-0.1, -0.05) is 6.92 Å². The molecule has 2 fully saturated rings. The molecule has 0 aromatic carbocycles. The van der Waals surface area contributed by atoms with Crippen molar-refractivity contribution >= 4 is 6.09 Å². The maximum absolute atomic E-state index is 11.1. The molecule has 0 radical (unpaired) electrons. The molecule has 1 aliphatic carbocycles. The molecule has 62 valence electrons. The van der Waals surface area contributed by atoms with Crippen LogP contribution in [0.5, 0.6) is 0 Å². The van der Waals surface area contributed by atoms with Crippen molar-refractivity contribution in [1.82, 2.24) is 4.90 Å². The first-order valence-electron chi connectivity index (χ1n) is 4.24. The zero-order valence-electron chi connectivity index (χ0n) is 6.80. The van der Waals surface area contributed by atoms with E-state index in [0.717, 1.165) is 32.4 Å². The van der Waals surface area contributed by atoms with Crippen molar-refractivity contribution in [3.8, 4) is 0 Å². The summed E-state index contributed by atoms with van der Waals surface area (Å²) in [6.07, 6.45) is 3.05. The highest BCUT2D eigenvalue weighted by Crippen LogP contribution is 2.44. The highest BCUT2D eigenvalue weighted by atomic mass is 16.6. The van der Waals surface area contributed by atoms with Crippen molar-refractivity contribution in [3.05, 3.63) is 0 Å². The Morgan fingerprint density at radius 2 is 2.36 bits per heavy atom. The molecule has 0 aromatic rings. The Kier molecular flexibility index (Phi) is 1.34. The molecule has 1 amide bonds. The second-order valence-electron chi connectivity index (χ2n) is 3.47. The molecule has 0 bridgehead atoms. The summed E-state index contributed by atoms with van der Waals surface area (Å²) in [6, 6.07) is 0. The lowest BCUT2D eigenvalue weighted by molar-refractivity contribution is 0.123. The summed E-state index contributed by atoms with van der Waals surface area (Å²) in [5.74, 6) is 0. The predicted octanol–water partition coefficient (Wildman–Crippen LogP) is 1.38. The van der Waals surface area contributed by atoms with Gasteiger partial charge in [-0.2, -0.15) is 0 Å². The van der Waals surface area contributed by atoms with Crippen molar-refractivity contribution in [2.24, 2.45) is 0 Å². The first-order valence-corrected chi connectivity index (χ1v) is 4.24. The van der Waals surface area contributed by atoms with Crippen LogP contribution >= 0.6 is 0 Å². The third-order valence-corrected chi connectivity index (χ3v) is 2.34. The second kappa shape index (κ2) is 2.13. The van der Waals surface area contributed by atoms with Crippen LogP contribution in [-0.2, 0) is 4.74 Å². The van der Waals surface area contributed by atoms with E-state index in [1.54, 1.807) is 0 Å². The van der Waals surface area contributed by atoms with Gasteiger partial charge in [-0.3, -0.25) is 0 Å². The molecule has 0 N–H and O–H groups in total. The molecule has 0 aromatic heterocycles. The summed E-state index contributed by atoms with van der Waals surface area (Å²) in [6.45, 7) is 3.76. The van der Waals surface area contributed by atoms with Crippen LogP contribution in [0, 0.1) is 0 Å². The highest BCUT2D eigenvalue weighted by Gasteiger charge is 2.54. The van der Waals surface area contributed by atoms with E-state index in [0.29, 0.717) is 0 Å². The van der Waals surface area contributed by atoms with Crippen LogP contribution in [0.1, 0.15) is 26.2 Å². The number of ether oxygens (including phenoxy) is 1. The normalized spacial score (nSPS) is 25.9. The van der Waals surface area contributed by atoms with Gasteiger partial charge < -0.3 is 9.64 Å². The summed E-state index contributed by atoms with van der Waals surface area (Å²) in [7, 11) is 0. The van der Waals surface area contributed by atoms with Crippen molar-refractivity contribution < 1.29 is 9.53 Å². The Bertz CT molecular complexity index is 187. The lowest BCUT2D eigenvalue weighted by Crippen LogP contribution is -2.26. The fourth-order valence-electron chi connectivity index (χ4n) is 1.53. The lowest BCUT2D eigenvalue weighted by Gasteiger charge is -2.09. The fourth-order valence-corrected chi connectivity index (χ4v) is 1.53. The van der Waals surface area contributed by atoms with Gasteiger partial charge >= 0.3 is 6.09 Å². The number of carbonyl (C=O) groups is 1. The third-order valence-electron chi connectivity index (χ3n) is 2.34. The molecule has 3 nitrogen and oxygen atoms in total. The molecule has 11 heavy (non-hydrogen) atoms. The number of carbonyl (C=O) groups excluding carboxylic acids is 1. The minimum Gasteiger partial charge on any atom is -0.441 e. The van der Waals surface area contributed by atoms with Gasteiger partial charge in [-0.25, -0.2) is 4.79 Å². The average Bonchev–Trinajstić information content (AvgIpc) is 2.61. The van der Waals surface area contributed by atoms with Gasteiger partial charge in [0.25, 0.3) is 0 Å². The van der Waals surface area contributed by atoms with Crippen LogP contribution in [0.3, 0.4) is 0 Å². The van der Waals surface area contributed by atoms with Crippen molar-refractivity contribution in [3.63, 3.8) is 0 Å². The summed E-state index contributed by atoms with van der Waals surface area (Å²) >= 11 is 0. The number of amides is 1. The molecular weight excluding hydrogens is 142 g/mol. The monoisotopic (exact) mass is 155 g/mol. The van der Waals surface area contributed by atoms with Crippen LogP contribution in [0.25, 0.3) is 0 Å². The van der Waals surface area contributed by atoms with Crippen LogP contribution in [0.15, 0.2) is 0 Å². The smallest absolute Gasteiger partial charge is 0.410 e. The molecule has 1 heterocycles. The molecule has 0 atom stereocenters. The van der Waals surface area contributed by atoms with Crippen molar-refractivity contribution in [2.75, 3.05) is 13.1 Å². The first kappa shape index (κ1) is 6.95. The quantitative estimate of drug-likeness (QED) is 0.603. The average molecular weight is 155 g/mol. The molecular formula is C8H13NO2. The number of hydrogen-bond acceptors (Lipinski definition) is 2. The van der Waals surface area contributed by atoms with Gasteiger partial charge in [0.1, 0.15) is 5.60 Å². The highest BCUT2D eigenvalue weighted by molar-refractivity contribution is 5.71. The molecule has 2 rings (SSSR count). The number of hydrogen-bond donors (Lipinski definition) is 0. The molecule has 1 saturated heterocycles. The molecule has 2 aliphatic rings. The molecule has 1 saturated carbocycles. The van der Waals surface area contributed by atoms with E-state index in [-0.39, 0.29) is 11.7 Å². The minimum absolute atomic E-state index is 0.0355. The Labute approximate surface area is 66.3 Å². The van der Waals surface area contributed by atoms with Crippen LogP contribution in [0.2, 0.25) is 0 Å². The predicted molar refractivity (Wildman–Crippen MR) is 40.3 cm³/mol. The fraction of sp³-hybridized carbons (Fsp3) is 0.875. The summed E-state index contributed by atoms with van der Waals surface area (Å²) < 4.78 is 5.21. The molecule has 3 heteroatoms. The molecule has 1 aliphatic heterocycles. The summed E-state index contributed by atoms with van der Waals surface area (Å²) in [5.41, 5.74) is -0.0355. The van der Waals surface area contributed by atoms with Gasteiger partial charge in [0.05, 0.1) is 6.54 Å². The van der Waals surface area contributed by atoms with Gasteiger partial charge in [-0.15, -0.1) is 0 Å². The number of rotatable bonds is 2. The Hall–Kier alpha value is -0.730. The first-order chi connectivity index (χ1) is 5.26. The van der Waals surface area contributed by atoms with Crippen LogP contribution in [-0.4, -0.2) is 29.7 Å². The zero-order chi connectivity index (χ0) is 7.90. The Balaban J connectivity index is 1.97. The SMILES string of the molecule is CCCN1CC2(CC2)OC1=O. The van der Waals surface area contributed by atoms with E-state index < -0.39 is 0 Å². The third kappa shape index (κ3) is 1.08. The van der Waals surface area contributed by atoms with Gasteiger partial charge in [0.2, 0.25) is 0 Å². The van der Waals surface area contributed by atoms with E-state index in [2.05, 4.69) is 6.92 Å². The molecule has 0 unspecified atom stereocenters. The molecule has 1 spiro atoms. The number of nitrogens with zero attached hydrogens (tertiary/aromatic N) is 1. The van der Waals surface area contributed by atoms with Crippen LogP contribution < -0.4 is 0 Å². The second-order valence-corrected chi connectivity index (χ2v) is 3.47. The minimum atomic E-state index is -0.107. The van der Waals surface area contributed by atoms with E-state index in [1.807, 2.05) is 4.90 Å². The zero-order valence-corrected chi connectivity index (χ0v) is 6.80. The van der Waals surface area contributed by atoms with Gasteiger partial charge in [0.15, 0.2) is 0 Å². The Morgan fingerprint density at radius 1 is 1.64 bits per heavy atom. The van der Waals surface area contributed by atoms with E-state index >= 15 is 0 Å². The van der Waals surface area contributed by atoms with E-state index in [4.69, 9.17) is 4.74 Å². The van der Waals surface area contributed by atoms with Gasteiger partial charge in [0, 0.05) is 6.54 Å². The summed E-state index contributed by atoms with van der Waals surface area (Å²) in [4.78, 5) is 12.9. The van der Waals surface area contributed by atoms with E-state index in [9.17, 15) is 4.79 Å².